The molecule has 2 aromatic rings. The molecule has 0 aliphatic rings. The van der Waals surface area contributed by atoms with Crippen molar-refractivity contribution in [3.05, 3.63) is 53.1 Å². The molecule has 0 unspecified atom stereocenters. The third-order valence-corrected chi connectivity index (χ3v) is 3.14. The van der Waals surface area contributed by atoms with Crippen molar-refractivity contribution >= 4 is 11.7 Å². The number of aromatic hydroxyl groups is 1. The number of halogens is 1. The lowest BCUT2D eigenvalue weighted by Gasteiger charge is -2.16. The minimum atomic E-state index is -0.923. The number of hydrogen-bond donors (Lipinski definition) is 1. The summed E-state index contributed by atoms with van der Waals surface area (Å²) in [5.74, 6) is -2.03. The number of nitriles is 1. The highest BCUT2D eigenvalue weighted by Gasteiger charge is 2.22. The largest absolute Gasteiger partial charge is 0.507 e. The van der Waals surface area contributed by atoms with Gasteiger partial charge in [0.05, 0.1) is 11.1 Å². The number of phenolic OH excluding ortho intramolecular Hbond substituents is 1. The van der Waals surface area contributed by atoms with Crippen molar-refractivity contribution in [2.24, 2.45) is 5.16 Å². The van der Waals surface area contributed by atoms with E-state index in [1.54, 1.807) is 12.1 Å². The van der Waals surface area contributed by atoms with Crippen LogP contribution in [-0.4, -0.2) is 27.4 Å². The predicted molar refractivity (Wildman–Crippen MR) is 95.0 cm³/mol. The van der Waals surface area contributed by atoms with Crippen LogP contribution < -0.4 is 4.74 Å². The number of nitrogens with zero attached hydrogens (tertiary/aromatic N) is 3. The van der Waals surface area contributed by atoms with Crippen molar-refractivity contribution in [2.75, 3.05) is 0 Å². The average Bonchev–Trinajstić information content (AvgIpc) is 2.61. The van der Waals surface area contributed by atoms with Gasteiger partial charge in [0, 0.05) is 19.2 Å². The van der Waals surface area contributed by atoms with Gasteiger partial charge in [-0.25, -0.2) is 9.37 Å². The SMILES string of the molecule is CC(=NOC(C)(C)C)Oc1cccnc1C(=O)c1cc(F)c(C#N)cc1O. The maximum atomic E-state index is 13.9. The van der Waals surface area contributed by atoms with Crippen LogP contribution in [0.3, 0.4) is 0 Å². The molecule has 0 aliphatic heterocycles. The average molecular weight is 371 g/mol. The highest BCUT2D eigenvalue weighted by Crippen LogP contribution is 2.27. The Morgan fingerprint density at radius 1 is 1.37 bits per heavy atom. The van der Waals surface area contributed by atoms with Crippen molar-refractivity contribution in [1.82, 2.24) is 4.98 Å². The van der Waals surface area contributed by atoms with Crippen LogP contribution in [0.5, 0.6) is 11.5 Å². The topological polar surface area (TPSA) is 105 Å². The monoisotopic (exact) mass is 371 g/mol. The summed E-state index contributed by atoms with van der Waals surface area (Å²) < 4.78 is 19.4. The van der Waals surface area contributed by atoms with Crippen LogP contribution in [0.25, 0.3) is 0 Å². The maximum Gasteiger partial charge on any atom is 0.228 e. The molecule has 0 saturated heterocycles. The second-order valence-corrected chi connectivity index (χ2v) is 6.56. The van der Waals surface area contributed by atoms with Gasteiger partial charge in [0.15, 0.2) is 11.4 Å². The van der Waals surface area contributed by atoms with E-state index in [9.17, 15) is 14.3 Å². The number of hydrogen-bond acceptors (Lipinski definition) is 7. The molecule has 0 amide bonds. The van der Waals surface area contributed by atoms with E-state index in [1.165, 1.54) is 19.2 Å². The first kappa shape index (κ1) is 19.8. The number of oxime groups is 1. The summed E-state index contributed by atoms with van der Waals surface area (Å²) in [4.78, 5) is 21.9. The number of ketones is 1. The molecular formula is C19H18FN3O4. The Kier molecular flexibility index (Phi) is 5.75. The molecular weight excluding hydrogens is 353 g/mol. The van der Waals surface area contributed by atoms with E-state index in [-0.39, 0.29) is 28.5 Å². The van der Waals surface area contributed by atoms with Crippen molar-refractivity contribution in [1.29, 1.82) is 5.26 Å². The second kappa shape index (κ2) is 7.83. The first-order valence-electron chi connectivity index (χ1n) is 7.95. The highest BCUT2D eigenvalue weighted by molar-refractivity contribution is 6.11. The van der Waals surface area contributed by atoms with Crippen molar-refractivity contribution < 1.29 is 23.9 Å². The van der Waals surface area contributed by atoms with Gasteiger partial charge < -0.3 is 14.7 Å². The Labute approximate surface area is 155 Å². The predicted octanol–water partition coefficient (Wildman–Crippen LogP) is 3.56. The third-order valence-electron chi connectivity index (χ3n) is 3.14. The van der Waals surface area contributed by atoms with E-state index >= 15 is 0 Å². The zero-order valence-corrected chi connectivity index (χ0v) is 15.3. The molecule has 0 fully saturated rings. The quantitative estimate of drug-likeness (QED) is 0.381. The van der Waals surface area contributed by atoms with Crippen LogP contribution in [0.15, 0.2) is 35.6 Å². The summed E-state index contributed by atoms with van der Waals surface area (Å²) in [6.45, 7) is 6.97. The zero-order valence-electron chi connectivity index (χ0n) is 15.3. The number of carbonyl (C=O) groups is 1. The van der Waals surface area contributed by atoms with Crippen LogP contribution in [0.2, 0.25) is 0 Å². The number of carbonyl (C=O) groups excluding carboxylic acids is 1. The maximum absolute atomic E-state index is 13.9. The molecule has 2 rings (SSSR count). The molecule has 1 aromatic heterocycles. The van der Waals surface area contributed by atoms with Crippen molar-refractivity contribution in [3.63, 3.8) is 0 Å². The molecule has 0 atom stereocenters. The number of ether oxygens (including phenoxy) is 1. The van der Waals surface area contributed by atoms with Crippen LogP contribution in [-0.2, 0) is 4.84 Å². The number of rotatable bonds is 4. The van der Waals surface area contributed by atoms with E-state index in [2.05, 4.69) is 10.1 Å². The number of phenols is 1. The molecule has 0 bridgehead atoms. The van der Waals surface area contributed by atoms with Crippen molar-refractivity contribution in [3.8, 4) is 17.6 Å². The van der Waals surface area contributed by atoms with Gasteiger partial charge in [0.25, 0.3) is 0 Å². The fourth-order valence-electron chi connectivity index (χ4n) is 1.98. The summed E-state index contributed by atoms with van der Waals surface area (Å²) in [7, 11) is 0. The molecule has 7 nitrogen and oxygen atoms in total. The lowest BCUT2D eigenvalue weighted by atomic mass is 10.0. The molecule has 140 valence electrons. The summed E-state index contributed by atoms with van der Waals surface area (Å²) in [5.41, 5.74) is -1.38. The van der Waals surface area contributed by atoms with Gasteiger partial charge in [-0.05, 0) is 39.0 Å². The fraction of sp³-hybridized carbons (Fsp3) is 0.263. The van der Waals surface area contributed by atoms with E-state index < -0.39 is 23.0 Å². The van der Waals surface area contributed by atoms with Crippen LogP contribution in [0, 0.1) is 17.1 Å². The molecule has 0 radical (unpaired) electrons. The van der Waals surface area contributed by atoms with Gasteiger partial charge in [0.1, 0.15) is 23.2 Å². The lowest BCUT2D eigenvalue weighted by Crippen LogP contribution is -2.18. The summed E-state index contributed by atoms with van der Waals surface area (Å²) in [6, 6.07) is 6.29. The van der Waals surface area contributed by atoms with Gasteiger partial charge in [-0.3, -0.25) is 4.79 Å². The van der Waals surface area contributed by atoms with Gasteiger partial charge >= 0.3 is 0 Å². The normalized spacial score (nSPS) is 11.6. The summed E-state index contributed by atoms with van der Waals surface area (Å²) in [5, 5.41) is 22.6. The Bertz CT molecular complexity index is 943. The fourth-order valence-corrected chi connectivity index (χ4v) is 1.98. The number of pyridine rings is 1. The van der Waals surface area contributed by atoms with Gasteiger partial charge in [-0.2, -0.15) is 5.26 Å². The molecule has 0 spiro atoms. The Hall–Kier alpha value is -3.47. The number of aromatic nitrogens is 1. The molecule has 1 heterocycles. The standard InChI is InChI=1S/C19H18FN3O4/c1-11(23-27-19(2,3)4)26-16-6-5-7-22-17(16)18(25)13-9-14(20)12(10-21)8-15(13)24/h5-9,24H,1-4H3. The molecule has 1 N–H and O–H groups in total. The Morgan fingerprint density at radius 3 is 2.70 bits per heavy atom. The smallest absolute Gasteiger partial charge is 0.228 e. The van der Waals surface area contributed by atoms with E-state index in [1.807, 2.05) is 20.8 Å². The highest BCUT2D eigenvalue weighted by atomic mass is 19.1. The summed E-state index contributed by atoms with van der Waals surface area (Å²) >= 11 is 0. The molecule has 0 aliphatic carbocycles. The number of benzene rings is 1. The van der Waals surface area contributed by atoms with Crippen LogP contribution >= 0.6 is 0 Å². The Morgan fingerprint density at radius 2 is 2.07 bits per heavy atom. The molecule has 27 heavy (non-hydrogen) atoms. The second-order valence-electron chi connectivity index (χ2n) is 6.56. The van der Waals surface area contributed by atoms with Crippen molar-refractivity contribution in [2.45, 2.75) is 33.3 Å². The first-order valence-corrected chi connectivity index (χ1v) is 7.95. The van der Waals surface area contributed by atoms with E-state index in [0.29, 0.717) is 0 Å². The van der Waals surface area contributed by atoms with E-state index in [4.69, 9.17) is 14.8 Å². The molecule has 1 aromatic carbocycles. The lowest BCUT2D eigenvalue weighted by molar-refractivity contribution is -0.00187. The first-order chi connectivity index (χ1) is 12.6. The van der Waals surface area contributed by atoms with Gasteiger partial charge in [0.2, 0.25) is 11.7 Å². The molecule has 8 heteroatoms. The summed E-state index contributed by atoms with van der Waals surface area (Å²) in [6.07, 6.45) is 1.36. The third kappa shape index (κ3) is 5.01. The molecule has 0 saturated carbocycles. The Balaban J connectivity index is 2.37. The van der Waals surface area contributed by atoms with Crippen LogP contribution in [0.4, 0.5) is 4.39 Å². The van der Waals surface area contributed by atoms with E-state index in [0.717, 1.165) is 12.1 Å². The minimum Gasteiger partial charge on any atom is -0.507 e. The zero-order chi connectivity index (χ0) is 20.2. The van der Waals surface area contributed by atoms with Gasteiger partial charge in [-0.1, -0.05) is 5.16 Å². The van der Waals surface area contributed by atoms with Gasteiger partial charge in [-0.15, -0.1) is 0 Å². The minimum absolute atomic E-state index is 0.0606. The van der Waals surface area contributed by atoms with Crippen LogP contribution in [0.1, 0.15) is 49.3 Å².